The average Bonchev–Trinajstić information content (AvgIpc) is 2.82. The number of nitrogens with one attached hydrogen (secondary N) is 1. The lowest BCUT2D eigenvalue weighted by Crippen LogP contribution is -1.99. The van der Waals surface area contributed by atoms with E-state index < -0.39 is 0 Å². The number of aromatic amines is 1. The molecule has 2 aromatic rings. The van der Waals surface area contributed by atoms with Crippen LogP contribution in [0.25, 0.3) is 0 Å². The van der Waals surface area contributed by atoms with E-state index >= 15 is 0 Å². The minimum absolute atomic E-state index is 0.502. The zero-order chi connectivity index (χ0) is 11.1. The van der Waals surface area contributed by atoms with Gasteiger partial charge < -0.3 is 4.98 Å². The number of benzene rings is 1. The molecule has 1 aromatic carbocycles. The van der Waals surface area contributed by atoms with Crippen molar-refractivity contribution in [1.29, 1.82) is 0 Å². The summed E-state index contributed by atoms with van der Waals surface area (Å²) in [4.78, 5) is 7.46. The van der Waals surface area contributed by atoms with Crippen LogP contribution in [-0.2, 0) is 6.42 Å². The van der Waals surface area contributed by atoms with Crippen LogP contribution in [0.2, 0.25) is 0 Å². The molecule has 16 heavy (non-hydrogen) atoms. The quantitative estimate of drug-likeness (QED) is 0.773. The molecule has 0 saturated heterocycles. The third-order valence-electron chi connectivity index (χ3n) is 3.54. The van der Waals surface area contributed by atoms with Gasteiger partial charge in [0.05, 0.1) is 12.0 Å². The van der Waals surface area contributed by atoms with Gasteiger partial charge in [-0.1, -0.05) is 17.7 Å². The van der Waals surface area contributed by atoms with Gasteiger partial charge in [-0.2, -0.15) is 0 Å². The molecule has 82 valence electrons. The summed E-state index contributed by atoms with van der Waals surface area (Å²) >= 11 is 0. The van der Waals surface area contributed by atoms with E-state index in [-0.39, 0.29) is 0 Å². The number of fused-ring (bicyclic) bond motifs is 1. The van der Waals surface area contributed by atoms with Crippen molar-refractivity contribution in [2.45, 2.75) is 32.6 Å². The maximum absolute atomic E-state index is 4.41. The molecule has 2 nitrogen and oxygen atoms in total. The number of rotatable bonds is 1. The molecule has 1 aromatic heterocycles. The first kappa shape index (κ1) is 9.64. The lowest BCUT2D eigenvalue weighted by atomic mass is 9.93. The van der Waals surface area contributed by atoms with Crippen LogP contribution in [0.4, 0.5) is 0 Å². The molecule has 1 atom stereocenters. The highest BCUT2D eigenvalue weighted by Gasteiger charge is 2.26. The van der Waals surface area contributed by atoms with E-state index in [1.54, 1.807) is 6.33 Å². The number of aryl methyl sites for hydroxylation is 3. The van der Waals surface area contributed by atoms with Gasteiger partial charge >= 0.3 is 0 Å². The number of hydrogen-bond donors (Lipinski definition) is 1. The van der Waals surface area contributed by atoms with E-state index in [0.29, 0.717) is 5.92 Å². The summed E-state index contributed by atoms with van der Waals surface area (Å²) in [7, 11) is 0. The molecule has 1 N–H and O–H groups in total. The Bertz CT molecular complexity index is 512. The molecular formula is C14H16N2. The van der Waals surface area contributed by atoms with Gasteiger partial charge in [-0.15, -0.1) is 0 Å². The number of hydrogen-bond acceptors (Lipinski definition) is 1. The molecule has 1 aliphatic carbocycles. The minimum Gasteiger partial charge on any atom is -0.351 e. The molecule has 1 heterocycles. The van der Waals surface area contributed by atoms with Crippen LogP contribution in [0.3, 0.4) is 0 Å². The normalized spacial score (nSPS) is 18.8. The molecule has 0 radical (unpaired) electrons. The Balaban J connectivity index is 2.12. The first-order valence-electron chi connectivity index (χ1n) is 5.84. The molecule has 0 aliphatic heterocycles. The zero-order valence-electron chi connectivity index (χ0n) is 9.75. The van der Waals surface area contributed by atoms with Gasteiger partial charge in [0.2, 0.25) is 0 Å². The summed E-state index contributed by atoms with van der Waals surface area (Å²) in [6.07, 6.45) is 6.19. The Kier molecular flexibility index (Phi) is 2.10. The molecule has 1 aliphatic rings. The molecular weight excluding hydrogens is 196 g/mol. The summed E-state index contributed by atoms with van der Waals surface area (Å²) < 4.78 is 0. The Morgan fingerprint density at radius 2 is 2.19 bits per heavy atom. The van der Waals surface area contributed by atoms with E-state index in [1.807, 2.05) is 6.20 Å². The Morgan fingerprint density at radius 1 is 1.31 bits per heavy atom. The molecule has 0 amide bonds. The van der Waals surface area contributed by atoms with Crippen molar-refractivity contribution >= 4 is 0 Å². The van der Waals surface area contributed by atoms with Crippen molar-refractivity contribution in [2.75, 3.05) is 0 Å². The van der Waals surface area contributed by atoms with E-state index in [0.717, 1.165) is 0 Å². The summed E-state index contributed by atoms with van der Waals surface area (Å²) in [6.45, 7) is 4.39. The van der Waals surface area contributed by atoms with Crippen LogP contribution in [-0.4, -0.2) is 9.97 Å². The van der Waals surface area contributed by atoms with Gasteiger partial charge in [0.25, 0.3) is 0 Å². The average molecular weight is 212 g/mol. The maximum atomic E-state index is 4.41. The van der Waals surface area contributed by atoms with Crippen LogP contribution >= 0.6 is 0 Å². The number of imidazole rings is 1. The van der Waals surface area contributed by atoms with Gasteiger partial charge in [-0.25, -0.2) is 4.98 Å². The third kappa shape index (κ3) is 1.37. The van der Waals surface area contributed by atoms with Crippen LogP contribution in [0.5, 0.6) is 0 Å². The summed E-state index contributed by atoms with van der Waals surface area (Å²) in [5.74, 6) is 0.502. The van der Waals surface area contributed by atoms with Crippen molar-refractivity contribution in [3.8, 4) is 0 Å². The Morgan fingerprint density at radius 3 is 2.94 bits per heavy atom. The van der Waals surface area contributed by atoms with E-state index in [2.05, 4.69) is 35.9 Å². The standard InChI is InChI=1S/C14H16N2/c1-9-5-10(2)14-11(6-9)3-4-12(14)13-7-15-8-16-13/h5-8,12H,3-4H2,1-2H3,(H,15,16). The number of aromatic nitrogens is 2. The van der Waals surface area contributed by atoms with Crippen molar-refractivity contribution < 1.29 is 0 Å². The van der Waals surface area contributed by atoms with E-state index in [1.165, 1.54) is 40.8 Å². The lowest BCUT2D eigenvalue weighted by Gasteiger charge is -2.12. The van der Waals surface area contributed by atoms with Crippen molar-refractivity contribution in [3.63, 3.8) is 0 Å². The predicted octanol–water partition coefficient (Wildman–Crippen LogP) is 3.10. The first-order valence-corrected chi connectivity index (χ1v) is 5.84. The molecule has 0 bridgehead atoms. The number of H-pyrrole nitrogens is 1. The summed E-state index contributed by atoms with van der Waals surface area (Å²) in [6, 6.07) is 4.61. The number of nitrogens with zero attached hydrogens (tertiary/aromatic N) is 1. The second-order valence-corrected chi connectivity index (χ2v) is 4.74. The molecule has 1 unspecified atom stereocenters. The van der Waals surface area contributed by atoms with Gasteiger partial charge in [-0.3, -0.25) is 0 Å². The summed E-state index contributed by atoms with van der Waals surface area (Å²) in [5, 5.41) is 0. The SMILES string of the molecule is Cc1cc(C)c2c(c1)CCC2c1c[nH]cn1. The van der Waals surface area contributed by atoms with Crippen LogP contribution in [0.15, 0.2) is 24.7 Å². The van der Waals surface area contributed by atoms with Crippen LogP contribution in [0, 0.1) is 13.8 Å². The second kappa shape index (κ2) is 3.48. The van der Waals surface area contributed by atoms with E-state index in [9.17, 15) is 0 Å². The third-order valence-corrected chi connectivity index (χ3v) is 3.54. The van der Waals surface area contributed by atoms with Gasteiger partial charge in [0.1, 0.15) is 0 Å². The maximum Gasteiger partial charge on any atom is 0.0923 e. The minimum atomic E-state index is 0.502. The lowest BCUT2D eigenvalue weighted by molar-refractivity contribution is 0.764. The second-order valence-electron chi connectivity index (χ2n) is 4.74. The van der Waals surface area contributed by atoms with Crippen LogP contribution in [0.1, 0.15) is 40.3 Å². The highest BCUT2D eigenvalue weighted by Crippen LogP contribution is 2.39. The highest BCUT2D eigenvalue weighted by molar-refractivity contribution is 5.46. The largest absolute Gasteiger partial charge is 0.351 e. The van der Waals surface area contributed by atoms with Gasteiger partial charge in [0.15, 0.2) is 0 Å². The van der Waals surface area contributed by atoms with Crippen molar-refractivity contribution in [2.24, 2.45) is 0 Å². The highest BCUT2D eigenvalue weighted by atomic mass is 14.9. The Hall–Kier alpha value is -1.57. The topological polar surface area (TPSA) is 28.7 Å². The summed E-state index contributed by atoms with van der Waals surface area (Å²) in [5.41, 5.74) is 7.01. The molecule has 2 heteroatoms. The molecule has 0 spiro atoms. The smallest absolute Gasteiger partial charge is 0.0923 e. The monoisotopic (exact) mass is 212 g/mol. The van der Waals surface area contributed by atoms with Crippen molar-refractivity contribution in [1.82, 2.24) is 9.97 Å². The molecule has 0 fully saturated rings. The zero-order valence-corrected chi connectivity index (χ0v) is 9.75. The Labute approximate surface area is 95.7 Å². The first-order chi connectivity index (χ1) is 7.75. The fourth-order valence-electron chi connectivity index (χ4n) is 2.97. The predicted molar refractivity (Wildman–Crippen MR) is 64.7 cm³/mol. The van der Waals surface area contributed by atoms with Crippen LogP contribution < -0.4 is 0 Å². The molecule has 0 saturated carbocycles. The fraction of sp³-hybridized carbons (Fsp3) is 0.357. The van der Waals surface area contributed by atoms with E-state index in [4.69, 9.17) is 0 Å². The fourth-order valence-corrected chi connectivity index (χ4v) is 2.97. The van der Waals surface area contributed by atoms with Gasteiger partial charge in [0, 0.05) is 12.1 Å². The molecule has 3 rings (SSSR count). The van der Waals surface area contributed by atoms with Crippen molar-refractivity contribution in [3.05, 3.63) is 52.6 Å². The van der Waals surface area contributed by atoms with Gasteiger partial charge in [-0.05, 0) is 43.4 Å².